The van der Waals surface area contributed by atoms with Crippen LogP contribution in [0.15, 0.2) is 29.1 Å². The van der Waals surface area contributed by atoms with Crippen molar-refractivity contribution in [2.45, 2.75) is 18.9 Å². The third kappa shape index (κ3) is 2.53. The van der Waals surface area contributed by atoms with Gasteiger partial charge in [0.2, 0.25) is 6.79 Å². The molecule has 2 aliphatic heterocycles. The van der Waals surface area contributed by atoms with Crippen LogP contribution in [0.5, 0.6) is 23.0 Å². The Kier molecular flexibility index (Phi) is 4.19. The number of piperidine rings is 1. The molecule has 0 radical (unpaired) electrons. The second kappa shape index (κ2) is 7.00. The number of carbonyl (C=O) groups is 1. The molecule has 0 bridgehead atoms. The topological polar surface area (TPSA) is 88.0 Å². The lowest BCUT2D eigenvalue weighted by atomic mass is 9.99. The van der Waals surface area contributed by atoms with E-state index in [0.717, 1.165) is 25.9 Å². The van der Waals surface area contributed by atoms with Gasteiger partial charge in [-0.25, -0.2) is 0 Å². The molecule has 6 rings (SSSR count). The maximum Gasteiger partial charge on any atom is 0.259 e. The van der Waals surface area contributed by atoms with Gasteiger partial charge in [-0.2, -0.15) is 0 Å². The van der Waals surface area contributed by atoms with Crippen LogP contribution in [0.1, 0.15) is 34.8 Å². The molecule has 3 aromatic rings. The molecule has 8 nitrogen and oxygen atoms in total. The number of carbonyl (C=O) groups excluding carboxylic acids is 1. The normalized spacial score (nSPS) is 16.9. The van der Waals surface area contributed by atoms with Gasteiger partial charge in [-0.3, -0.25) is 9.59 Å². The second-order valence-electron chi connectivity index (χ2n) is 8.21. The molecule has 0 spiro atoms. The van der Waals surface area contributed by atoms with Gasteiger partial charge in [0.1, 0.15) is 0 Å². The lowest BCUT2D eigenvalue weighted by Crippen LogP contribution is -2.35. The number of hydrogen-bond donors (Lipinski definition) is 1. The fourth-order valence-corrected chi connectivity index (χ4v) is 5.11. The number of fused-ring (bicyclic) bond motifs is 6. The highest BCUT2D eigenvalue weighted by atomic mass is 16.7. The van der Waals surface area contributed by atoms with Gasteiger partial charge in [-0.05, 0) is 50.2 Å². The van der Waals surface area contributed by atoms with E-state index >= 15 is 0 Å². The number of pyridine rings is 1. The number of nitrogens with one attached hydrogen (secondary N) is 1. The monoisotopic (exact) mass is 434 g/mol. The number of methoxy groups -OCH3 is 2. The molecule has 164 valence electrons. The fraction of sp³-hybridized carbons (Fsp3) is 0.333. The van der Waals surface area contributed by atoms with Gasteiger partial charge in [0.05, 0.1) is 30.9 Å². The Morgan fingerprint density at radius 3 is 2.19 bits per heavy atom. The summed E-state index contributed by atoms with van der Waals surface area (Å²) >= 11 is 0. The molecular formula is C24H22N2O6. The van der Waals surface area contributed by atoms with Crippen LogP contribution in [0.3, 0.4) is 0 Å². The van der Waals surface area contributed by atoms with Crippen LogP contribution in [0.4, 0.5) is 0 Å². The Labute approximate surface area is 183 Å². The lowest BCUT2D eigenvalue weighted by Gasteiger charge is -2.28. The average Bonchev–Trinajstić information content (AvgIpc) is 3.40. The highest BCUT2D eigenvalue weighted by Crippen LogP contribution is 2.47. The molecule has 1 fully saturated rings. The molecule has 3 aliphatic rings. The number of ketones is 1. The van der Waals surface area contributed by atoms with E-state index in [9.17, 15) is 9.59 Å². The Morgan fingerprint density at radius 2 is 1.53 bits per heavy atom. The Balaban J connectivity index is 1.73. The SMILES string of the molecule is COc1cc2c3c(n(C4CCNCC4)c(=O)c2cc1OC)-c1cc2c(cc1C3=O)OCO2. The Hall–Kier alpha value is -3.52. The molecule has 32 heavy (non-hydrogen) atoms. The molecule has 2 aromatic carbocycles. The predicted molar refractivity (Wildman–Crippen MR) is 117 cm³/mol. The molecule has 0 amide bonds. The molecule has 1 aliphatic carbocycles. The molecule has 1 N–H and O–H groups in total. The van der Waals surface area contributed by atoms with Gasteiger partial charge in [0, 0.05) is 22.6 Å². The van der Waals surface area contributed by atoms with Crippen LogP contribution in [0, 0.1) is 0 Å². The first kappa shape index (κ1) is 19.2. The van der Waals surface area contributed by atoms with Crippen molar-refractivity contribution in [3.8, 4) is 34.3 Å². The third-order valence-corrected chi connectivity index (χ3v) is 6.63. The van der Waals surface area contributed by atoms with Crippen molar-refractivity contribution in [3.05, 3.63) is 45.7 Å². The molecular weight excluding hydrogens is 412 g/mol. The number of hydrogen-bond acceptors (Lipinski definition) is 7. The van der Waals surface area contributed by atoms with E-state index in [-0.39, 0.29) is 24.2 Å². The summed E-state index contributed by atoms with van der Waals surface area (Å²) in [5.74, 6) is 1.93. The zero-order valence-corrected chi connectivity index (χ0v) is 17.8. The smallest absolute Gasteiger partial charge is 0.259 e. The van der Waals surface area contributed by atoms with Crippen molar-refractivity contribution >= 4 is 16.6 Å². The van der Waals surface area contributed by atoms with E-state index in [0.29, 0.717) is 56.2 Å². The molecule has 0 saturated carbocycles. The zero-order valence-electron chi connectivity index (χ0n) is 17.8. The first-order valence-electron chi connectivity index (χ1n) is 10.7. The minimum atomic E-state index is -0.134. The van der Waals surface area contributed by atoms with Gasteiger partial charge in [0.25, 0.3) is 5.56 Å². The largest absolute Gasteiger partial charge is 0.493 e. The zero-order chi connectivity index (χ0) is 22.0. The summed E-state index contributed by atoms with van der Waals surface area (Å²) in [7, 11) is 3.07. The van der Waals surface area contributed by atoms with E-state index in [4.69, 9.17) is 18.9 Å². The highest BCUT2D eigenvalue weighted by molar-refractivity contribution is 6.27. The van der Waals surface area contributed by atoms with Gasteiger partial charge in [-0.15, -0.1) is 0 Å². The summed E-state index contributed by atoms with van der Waals surface area (Å²) in [5, 5.41) is 4.36. The number of nitrogens with zero attached hydrogens (tertiary/aromatic N) is 1. The van der Waals surface area contributed by atoms with Gasteiger partial charge < -0.3 is 28.8 Å². The molecule has 0 unspecified atom stereocenters. The Bertz CT molecular complexity index is 1350. The quantitative estimate of drug-likeness (QED) is 0.530. The van der Waals surface area contributed by atoms with E-state index in [2.05, 4.69) is 5.32 Å². The molecule has 0 atom stereocenters. The Morgan fingerprint density at radius 1 is 0.906 bits per heavy atom. The fourth-order valence-electron chi connectivity index (χ4n) is 5.11. The van der Waals surface area contributed by atoms with Crippen LogP contribution in [-0.4, -0.2) is 44.5 Å². The van der Waals surface area contributed by atoms with Crippen LogP contribution < -0.4 is 29.8 Å². The summed E-state index contributed by atoms with van der Waals surface area (Å²) in [6.45, 7) is 1.75. The number of rotatable bonds is 3. The van der Waals surface area contributed by atoms with Crippen molar-refractivity contribution in [2.75, 3.05) is 34.1 Å². The van der Waals surface area contributed by atoms with E-state index in [1.165, 1.54) is 14.2 Å². The first-order chi connectivity index (χ1) is 15.6. The van der Waals surface area contributed by atoms with Gasteiger partial charge in [0.15, 0.2) is 28.8 Å². The van der Waals surface area contributed by atoms with Crippen LogP contribution in [0.2, 0.25) is 0 Å². The van der Waals surface area contributed by atoms with Gasteiger partial charge in [-0.1, -0.05) is 0 Å². The molecule has 8 heteroatoms. The minimum Gasteiger partial charge on any atom is -0.493 e. The lowest BCUT2D eigenvalue weighted by molar-refractivity contribution is 0.104. The highest BCUT2D eigenvalue weighted by Gasteiger charge is 2.37. The standard InChI is InChI=1S/C24H22N2O6/c1-29-17-7-13-16(10-18(17)30-2)24(28)26(12-3-5-25-6-4-12)22-14-8-19-20(32-11-31-19)9-15(14)23(27)21(13)22/h7-10,12,25H,3-6,11H2,1-2H3. The predicted octanol–water partition coefficient (Wildman–Crippen LogP) is 2.88. The summed E-state index contributed by atoms with van der Waals surface area (Å²) in [4.78, 5) is 27.6. The second-order valence-corrected chi connectivity index (χ2v) is 8.21. The van der Waals surface area contributed by atoms with Crippen molar-refractivity contribution in [1.29, 1.82) is 0 Å². The van der Waals surface area contributed by atoms with E-state index in [1.807, 2.05) is 10.6 Å². The average molecular weight is 434 g/mol. The maximum absolute atomic E-state index is 13.9. The molecule has 3 heterocycles. The maximum atomic E-state index is 13.9. The van der Waals surface area contributed by atoms with Crippen LogP contribution in [-0.2, 0) is 0 Å². The summed E-state index contributed by atoms with van der Waals surface area (Å²) < 4.78 is 23.8. The summed E-state index contributed by atoms with van der Waals surface area (Å²) in [6, 6.07) is 6.94. The van der Waals surface area contributed by atoms with Crippen molar-refractivity contribution < 1.29 is 23.7 Å². The van der Waals surface area contributed by atoms with Crippen LogP contribution >= 0.6 is 0 Å². The van der Waals surface area contributed by atoms with E-state index in [1.54, 1.807) is 18.2 Å². The summed E-state index contributed by atoms with van der Waals surface area (Å²) in [6.07, 6.45) is 1.61. The van der Waals surface area contributed by atoms with Gasteiger partial charge >= 0.3 is 0 Å². The van der Waals surface area contributed by atoms with Crippen molar-refractivity contribution in [3.63, 3.8) is 0 Å². The number of ether oxygens (including phenoxy) is 4. The van der Waals surface area contributed by atoms with Crippen molar-refractivity contribution in [1.82, 2.24) is 9.88 Å². The summed E-state index contributed by atoms with van der Waals surface area (Å²) in [5.41, 5.74) is 2.26. The third-order valence-electron chi connectivity index (χ3n) is 6.63. The first-order valence-corrected chi connectivity index (χ1v) is 10.7. The number of aromatic nitrogens is 1. The molecule has 1 saturated heterocycles. The van der Waals surface area contributed by atoms with E-state index < -0.39 is 0 Å². The van der Waals surface area contributed by atoms with Crippen molar-refractivity contribution in [2.24, 2.45) is 0 Å². The molecule has 1 aromatic heterocycles. The minimum absolute atomic E-state index is 0.0147. The van der Waals surface area contributed by atoms with Crippen LogP contribution in [0.25, 0.3) is 22.0 Å². The number of benzene rings is 2.